The molecule has 0 spiro atoms. The number of aliphatic hydroxyl groups is 1. The molecule has 0 bridgehead atoms. The zero-order valence-electron chi connectivity index (χ0n) is 9.27. The second-order valence-corrected chi connectivity index (χ2v) is 4.43. The Balaban J connectivity index is 2.40. The Morgan fingerprint density at radius 1 is 1.75 bits per heavy atom. The summed E-state index contributed by atoms with van der Waals surface area (Å²) in [4.78, 5) is 15.6. The number of aromatic nitrogens is 1. The van der Waals surface area contributed by atoms with Gasteiger partial charge in [0.2, 0.25) is 0 Å². The van der Waals surface area contributed by atoms with Gasteiger partial charge in [-0.2, -0.15) is 0 Å². The average molecular weight is 243 g/mol. The highest BCUT2D eigenvalue weighted by Crippen LogP contribution is 2.08. The van der Waals surface area contributed by atoms with Crippen molar-refractivity contribution in [2.24, 2.45) is 5.73 Å². The van der Waals surface area contributed by atoms with Gasteiger partial charge in [-0.05, 0) is 6.42 Å². The number of carbonyl (C=O) groups is 1. The summed E-state index contributed by atoms with van der Waals surface area (Å²) in [5, 5.41) is 14.5. The van der Waals surface area contributed by atoms with Crippen molar-refractivity contribution in [2.75, 3.05) is 6.54 Å². The number of hydrogen-bond donors (Lipinski definition) is 3. The summed E-state index contributed by atoms with van der Waals surface area (Å²) in [6.45, 7) is 2.59. The van der Waals surface area contributed by atoms with Gasteiger partial charge in [-0.25, -0.2) is 4.98 Å². The third kappa shape index (κ3) is 3.88. The van der Waals surface area contributed by atoms with Gasteiger partial charge in [0, 0.05) is 18.5 Å². The van der Waals surface area contributed by atoms with Crippen molar-refractivity contribution in [1.29, 1.82) is 0 Å². The van der Waals surface area contributed by atoms with Crippen LogP contribution in [-0.2, 0) is 6.54 Å². The molecule has 1 heterocycles. The maximum absolute atomic E-state index is 11.6. The van der Waals surface area contributed by atoms with E-state index in [2.05, 4.69) is 10.3 Å². The lowest BCUT2D eigenvalue weighted by atomic mass is 10.2. The first-order valence-electron chi connectivity index (χ1n) is 5.28. The minimum atomic E-state index is -0.485. The molecule has 1 aromatic heterocycles. The molecule has 1 unspecified atom stereocenters. The number of nitrogens with one attached hydrogen (secondary N) is 1. The van der Waals surface area contributed by atoms with E-state index >= 15 is 0 Å². The van der Waals surface area contributed by atoms with Crippen LogP contribution in [-0.4, -0.2) is 28.6 Å². The monoisotopic (exact) mass is 243 g/mol. The Morgan fingerprint density at radius 2 is 2.50 bits per heavy atom. The first-order valence-corrected chi connectivity index (χ1v) is 6.16. The third-order valence-corrected chi connectivity index (χ3v) is 2.95. The summed E-state index contributed by atoms with van der Waals surface area (Å²) in [5.41, 5.74) is 5.77. The molecule has 0 saturated heterocycles. The largest absolute Gasteiger partial charge is 0.391 e. The molecule has 1 amide bonds. The SMILES string of the molecule is CCCC(O)CNC(=O)c1csc(CN)n1. The van der Waals surface area contributed by atoms with E-state index in [9.17, 15) is 9.90 Å². The Labute approximate surface area is 98.7 Å². The molecule has 1 rings (SSSR count). The zero-order chi connectivity index (χ0) is 12.0. The van der Waals surface area contributed by atoms with Gasteiger partial charge in [-0.15, -0.1) is 11.3 Å². The van der Waals surface area contributed by atoms with E-state index in [1.807, 2.05) is 6.92 Å². The standard InChI is InChI=1S/C10H17N3O2S/c1-2-3-7(14)5-12-10(15)8-6-16-9(4-11)13-8/h6-7,14H,2-5,11H2,1H3,(H,12,15). The molecule has 1 atom stereocenters. The average Bonchev–Trinajstić information content (AvgIpc) is 2.75. The van der Waals surface area contributed by atoms with E-state index in [1.165, 1.54) is 11.3 Å². The van der Waals surface area contributed by atoms with E-state index in [-0.39, 0.29) is 12.5 Å². The van der Waals surface area contributed by atoms with Gasteiger partial charge in [-0.1, -0.05) is 13.3 Å². The second-order valence-electron chi connectivity index (χ2n) is 3.48. The minimum absolute atomic E-state index is 0.258. The van der Waals surface area contributed by atoms with Gasteiger partial charge in [0.05, 0.1) is 6.10 Å². The van der Waals surface area contributed by atoms with Gasteiger partial charge < -0.3 is 16.2 Å². The summed E-state index contributed by atoms with van der Waals surface area (Å²) in [6.07, 6.45) is 1.10. The Hall–Kier alpha value is -0.980. The maximum atomic E-state index is 11.6. The lowest BCUT2D eigenvalue weighted by Crippen LogP contribution is -2.32. The fraction of sp³-hybridized carbons (Fsp3) is 0.600. The lowest BCUT2D eigenvalue weighted by molar-refractivity contribution is 0.0906. The highest BCUT2D eigenvalue weighted by Gasteiger charge is 2.11. The van der Waals surface area contributed by atoms with Crippen LogP contribution in [0.25, 0.3) is 0 Å². The summed E-state index contributed by atoms with van der Waals surface area (Å²) < 4.78 is 0. The number of amides is 1. The molecule has 16 heavy (non-hydrogen) atoms. The molecule has 0 aliphatic heterocycles. The van der Waals surface area contributed by atoms with Crippen molar-refractivity contribution in [3.63, 3.8) is 0 Å². The van der Waals surface area contributed by atoms with Crippen LogP contribution < -0.4 is 11.1 Å². The van der Waals surface area contributed by atoms with E-state index in [4.69, 9.17) is 5.73 Å². The second kappa shape index (κ2) is 6.57. The Morgan fingerprint density at radius 3 is 3.06 bits per heavy atom. The van der Waals surface area contributed by atoms with Crippen LogP contribution in [0.15, 0.2) is 5.38 Å². The first-order chi connectivity index (χ1) is 7.67. The molecule has 6 heteroatoms. The van der Waals surface area contributed by atoms with Crippen LogP contribution in [0.3, 0.4) is 0 Å². The van der Waals surface area contributed by atoms with Gasteiger partial charge in [0.25, 0.3) is 5.91 Å². The summed E-state index contributed by atoms with van der Waals surface area (Å²) >= 11 is 1.36. The first kappa shape index (κ1) is 13.1. The Bertz CT molecular complexity index is 341. The van der Waals surface area contributed by atoms with Crippen LogP contribution in [0.1, 0.15) is 35.3 Å². The summed E-state index contributed by atoms with van der Waals surface area (Å²) in [6, 6.07) is 0. The maximum Gasteiger partial charge on any atom is 0.270 e. The van der Waals surface area contributed by atoms with Gasteiger partial charge in [-0.3, -0.25) is 4.79 Å². The van der Waals surface area contributed by atoms with Crippen LogP contribution in [0.5, 0.6) is 0 Å². The van der Waals surface area contributed by atoms with Crippen LogP contribution in [0, 0.1) is 0 Å². The fourth-order valence-corrected chi connectivity index (χ4v) is 1.90. The van der Waals surface area contributed by atoms with Crippen molar-refractivity contribution in [2.45, 2.75) is 32.4 Å². The number of nitrogens with zero attached hydrogens (tertiary/aromatic N) is 1. The quantitative estimate of drug-likeness (QED) is 0.678. The van der Waals surface area contributed by atoms with Gasteiger partial charge in [0.15, 0.2) is 0 Å². The number of rotatable bonds is 6. The molecule has 0 fully saturated rings. The molecule has 1 aromatic rings. The molecule has 0 aliphatic carbocycles. The van der Waals surface area contributed by atoms with Crippen molar-refractivity contribution < 1.29 is 9.90 Å². The summed E-state index contributed by atoms with van der Waals surface area (Å²) in [7, 11) is 0. The molecule has 0 aliphatic rings. The molecule has 5 nitrogen and oxygen atoms in total. The van der Waals surface area contributed by atoms with Crippen LogP contribution in [0.2, 0.25) is 0 Å². The normalized spacial score (nSPS) is 12.4. The van der Waals surface area contributed by atoms with E-state index in [0.717, 1.165) is 11.4 Å². The van der Waals surface area contributed by atoms with E-state index in [1.54, 1.807) is 5.38 Å². The fourth-order valence-electron chi connectivity index (χ4n) is 1.25. The molecule has 90 valence electrons. The van der Waals surface area contributed by atoms with Crippen molar-refractivity contribution in [3.05, 3.63) is 16.1 Å². The smallest absolute Gasteiger partial charge is 0.270 e. The number of carbonyl (C=O) groups excluding carboxylic acids is 1. The molecule has 0 saturated carbocycles. The lowest BCUT2D eigenvalue weighted by Gasteiger charge is -2.09. The number of nitrogens with two attached hydrogens (primary N) is 1. The molecule has 4 N–H and O–H groups in total. The minimum Gasteiger partial charge on any atom is -0.391 e. The van der Waals surface area contributed by atoms with Crippen molar-refractivity contribution >= 4 is 17.2 Å². The summed E-state index contributed by atoms with van der Waals surface area (Å²) in [5.74, 6) is -0.258. The predicted molar refractivity (Wildman–Crippen MR) is 63.3 cm³/mol. The highest BCUT2D eigenvalue weighted by atomic mass is 32.1. The van der Waals surface area contributed by atoms with Crippen LogP contribution >= 0.6 is 11.3 Å². The number of hydrogen-bond acceptors (Lipinski definition) is 5. The Kier molecular flexibility index (Phi) is 5.37. The topological polar surface area (TPSA) is 88.2 Å². The van der Waals surface area contributed by atoms with Crippen LogP contribution in [0.4, 0.5) is 0 Å². The molecular formula is C10H17N3O2S. The predicted octanol–water partition coefficient (Wildman–Crippen LogP) is 0.493. The molecular weight excluding hydrogens is 226 g/mol. The van der Waals surface area contributed by atoms with Gasteiger partial charge >= 0.3 is 0 Å². The van der Waals surface area contributed by atoms with E-state index < -0.39 is 6.10 Å². The highest BCUT2D eigenvalue weighted by molar-refractivity contribution is 7.09. The van der Waals surface area contributed by atoms with E-state index in [0.29, 0.717) is 18.7 Å². The van der Waals surface area contributed by atoms with Crippen molar-refractivity contribution in [1.82, 2.24) is 10.3 Å². The molecule has 0 radical (unpaired) electrons. The number of aliphatic hydroxyl groups excluding tert-OH is 1. The zero-order valence-corrected chi connectivity index (χ0v) is 10.1. The molecule has 0 aromatic carbocycles. The number of thiazole rings is 1. The third-order valence-electron chi connectivity index (χ3n) is 2.08. The van der Waals surface area contributed by atoms with Crippen molar-refractivity contribution in [3.8, 4) is 0 Å². The van der Waals surface area contributed by atoms with Gasteiger partial charge in [0.1, 0.15) is 10.7 Å².